The molecular formula is C18H20N4O2S. The maximum absolute atomic E-state index is 12.4. The minimum absolute atomic E-state index is 0.190. The van der Waals surface area contributed by atoms with Gasteiger partial charge in [-0.05, 0) is 48.7 Å². The van der Waals surface area contributed by atoms with E-state index in [1.54, 1.807) is 29.2 Å². The fourth-order valence-electron chi connectivity index (χ4n) is 2.40. The lowest BCUT2D eigenvalue weighted by Crippen LogP contribution is -2.23. The van der Waals surface area contributed by atoms with E-state index in [1.807, 2.05) is 45.3 Å². The molecular weight excluding hydrogens is 336 g/mol. The number of sulfonamides is 1. The number of aromatic nitrogens is 3. The first-order valence-corrected chi connectivity index (χ1v) is 9.34. The van der Waals surface area contributed by atoms with E-state index in [-0.39, 0.29) is 11.4 Å². The molecule has 0 unspecified atom stereocenters. The zero-order chi connectivity index (χ0) is 18.0. The van der Waals surface area contributed by atoms with Gasteiger partial charge < -0.3 is 0 Å². The van der Waals surface area contributed by atoms with Gasteiger partial charge in [-0.1, -0.05) is 12.1 Å². The number of benzene rings is 1. The summed E-state index contributed by atoms with van der Waals surface area (Å²) in [7, 11) is -1.70. The summed E-state index contributed by atoms with van der Waals surface area (Å²) in [4.78, 5) is 4.65. The van der Waals surface area contributed by atoms with E-state index in [1.165, 1.54) is 0 Å². The fourth-order valence-corrected chi connectivity index (χ4v) is 3.50. The molecule has 0 fully saturated rings. The molecule has 0 spiro atoms. The van der Waals surface area contributed by atoms with Crippen molar-refractivity contribution >= 4 is 10.0 Å². The van der Waals surface area contributed by atoms with Crippen LogP contribution in [0.15, 0.2) is 53.8 Å². The number of rotatable bonds is 5. The Hall–Kier alpha value is -2.51. The van der Waals surface area contributed by atoms with Crippen molar-refractivity contribution in [3.63, 3.8) is 0 Å². The second-order valence-electron chi connectivity index (χ2n) is 6.02. The van der Waals surface area contributed by atoms with Crippen LogP contribution in [0.5, 0.6) is 0 Å². The van der Waals surface area contributed by atoms with E-state index in [0.29, 0.717) is 0 Å². The van der Waals surface area contributed by atoms with Gasteiger partial charge in [0.1, 0.15) is 0 Å². The van der Waals surface area contributed by atoms with Gasteiger partial charge in [-0.15, -0.1) is 0 Å². The topological polar surface area (TPSA) is 76.9 Å². The summed E-state index contributed by atoms with van der Waals surface area (Å²) in [5.74, 6) is 0. The third kappa shape index (κ3) is 3.94. The van der Waals surface area contributed by atoms with Crippen molar-refractivity contribution in [1.82, 2.24) is 19.5 Å². The summed E-state index contributed by atoms with van der Waals surface area (Å²) >= 11 is 0. The van der Waals surface area contributed by atoms with E-state index >= 15 is 0 Å². The Morgan fingerprint density at radius 2 is 1.88 bits per heavy atom. The molecule has 2 aromatic heterocycles. The Bertz CT molecular complexity index is 992. The number of hydrogen-bond donors (Lipinski definition) is 1. The van der Waals surface area contributed by atoms with Crippen LogP contribution >= 0.6 is 0 Å². The molecule has 0 saturated heterocycles. The second-order valence-corrected chi connectivity index (χ2v) is 7.79. The van der Waals surface area contributed by atoms with Crippen LogP contribution in [-0.4, -0.2) is 23.2 Å². The van der Waals surface area contributed by atoms with Crippen molar-refractivity contribution in [2.75, 3.05) is 0 Å². The van der Waals surface area contributed by atoms with Crippen LogP contribution in [0.2, 0.25) is 0 Å². The lowest BCUT2D eigenvalue weighted by molar-refractivity contribution is 0.581. The van der Waals surface area contributed by atoms with Gasteiger partial charge in [-0.2, -0.15) is 5.10 Å². The van der Waals surface area contributed by atoms with Crippen LogP contribution in [0.1, 0.15) is 16.7 Å². The minimum atomic E-state index is -3.55. The number of nitrogens with one attached hydrogen (secondary N) is 1. The highest BCUT2D eigenvalue weighted by Gasteiger charge is 2.14. The molecule has 3 rings (SSSR count). The molecule has 0 aliphatic heterocycles. The van der Waals surface area contributed by atoms with Crippen LogP contribution in [-0.2, 0) is 23.6 Å². The van der Waals surface area contributed by atoms with Gasteiger partial charge in [0.05, 0.1) is 16.8 Å². The molecule has 0 atom stereocenters. The van der Waals surface area contributed by atoms with Crippen LogP contribution in [0, 0.1) is 13.8 Å². The van der Waals surface area contributed by atoms with E-state index in [2.05, 4.69) is 14.8 Å². The molecule has 0 saturated carbocycles. The standard InChI is InChI=1S/C18H20N4O2S/c1-13-4-6-17(8-14(13)2)25(23,24)21-10-15-5-7-18(19-9-15)16-11-20-22(3)12-16/h4-9,11-12,21H,10H2,1-3H3. The number of aryl methyl sites for hydroxylation is 3. The molecule has 0 radical (unpaired) electrons. The number of pyridine rings is 1. The first-order chi connectivity index (χ1) is 11.8. The van der Waals surface area contributed by atoms with Gasteiger partial charge >= 0.3 is 0 Å². The summed E-state index contributed by atoms with van der Waals surface area (Å²) < 4.78 is 29.2. The summed E-state index contributed by atoms with van der Waals surface area (Å²) in [6, 6.07) is 8.83. The Morgan fingerprint density at radius 3 is 2.48 bits per heavy atom. The second kappa shape index (κ2) is 6.78. The maximum atomic E-state index is 12.4. The van der Waals surface area contributed by atoms with Crippen molar-refractivity contribution in [3.05, 3.63) is 65.6 Å². The maximum Gasteiger partial charge on any atom is 0.240 e. The first kappa shape index (κ1) is 17.3. The molecule has 0 bridgehead atoms. The fraction of sp³-hybridized carbons (Fsp3) is 0.222. The zero-order valence-electron chi connectivity index (χ0n) is 14.4. The van der Waals surface area contributed by atoms with Crippen molar-refractivity contribution in [2.45, 2.75) is 25.3 Å². The normalized spacial score (nSPS) is 11.6. The molecule has 2 heterocycles. The monoisotopic (exact) mass is 356 g/mol. The summed E-state index contributed by atoms with van der Waals surface area (Å²) in [6.07, 6.45) is 5.29. The van der Waals surface area contributed by atoms with Crippen LogP contribution in [0.3, 0.4) is 0 Å². The largest absolute Gasteiger partial charge is 0.275 e. The Kier molecular flexibility index (Phi) is 4.69. The smallest absolute Gasteiger partial charge is 0.240 e. The van der Waals surface area contributed by atoms with Crippen LogP contribution < -0.4 is 4.72 Å². The highest BCUT2D eigenvalue weighted by Crippen LogP contribution is 2.17. The van der Waals surface area contributed by atoms with Crippen molar-refractivity contribution in [1.29, 1.82) is 0 Å². The van der Waals surface area contributed by atoms with Gasteiger partial charge in [0.2, 0.25) is 10.0 Å². The molecule has 0 aliphatic carbocycles. The van der Waals surface area contributed by atoms with E-state index in [9.17, 15) is 8.42 Å². The van der Waals surface area contributed by atoms with Crippen molar-refractivity contribution in [2.24, 2.45) is 7.05 Å². The Morgan fingerprint density at radius 1 is 1.08 bits per heavy atom. The zero-order valence-corrected chi connectivity index (χ0v) is 15.2. The molecule has 3 aromatic rings. The van der Waals surface area contributed by atoms with Gasteiger partial charge in [0.15, 0.2) is 0 Å². The molecule has 1 N–H and O–H groups in total. The third-order valence-corrected chi connectivity index (χ3v) is 5.48. The molecule has 6 nitrogen and oxygen atoms in total. The van der Waals surface area contributed by atoms with Gasteiger partial charge in [-0.3, -0.25) is 9.67 Å². The minimum Gasteiger partial charge on any atom is -0.275 e. The van der Waals surface area contributed by atoms with Crippen molar-refractivity contribution < 1.29 is 8.42 Å². The van der Waals surface area contributed by atoms with Crippen molar-refractivity contribution in [3.8, 4) is 11.3 Å². The number of hydrogen-bond acceptors (Lipinski definition) is 4. The summed E-state index contributed by atoms with van der Waals surface area (Å²) in [6.45, 7) is 4.04. The molecule has 1 aromatic carbocycles. The molecule has 0 amide bonds. The lowest BCUT2D eigenvalue weighted by Gasteiger charge is -2.09. The van der Waals surface area contributed by atoms with E-state index < -0.39 is 10.0 Å². The average Bonchev–Trinajstić information content (AvgIpc) is 3.02. The summed E-state index contributed by atoms with van der Waals surface area (Å²) in [5.41, 5.74) is 4.53. The average molecular weight is 356 g/mol. The lowest BCUT2D eigenvalue weighted by atomic mass is 10.1. The molecule has 130 valence electrons. The number of nitrogens with zero attached hydrogens (tertiary/aromatic N) is 3. The molecule has 7 heteroatoms. The predicted molar refractivity (Wildman–Crippen MR) is 96.4 cm³/mol. The van der Waals surface area contributed by atoms with Gasteiger partial charge in [-0.25, -0.2) is 13.1 Å². The van der Waals surface area contributed by atoms with Gasteiger partial charge in [0.25, 0.3) is 0 Å². The van der Waals surface area contributed by atoms with Gasteiger partial charge in [0, 0.05) is 31.5 Å². The summed E-state index contributed by atoms with van der Waals surface area (Å²) in [5, 5.41) is 4.12. The third-order valence-electron chi connectivity index (χ3n) is 4.08. The van der Waals surface area contributed by atoms with E-state index in [4.69, 9.17) is 0 Å². The van der Waals surface area contributed by atoms with Crippen LogP contribution in [0.25, 0.3) is 11.3 Å². The molecule has 25 heavy (non-hydrogen) atoms. The Labute approximate surface area is 147 Å². The molecule has 0 aliphatic rings. The quantitative estimate of drug-likeness (QED) is 0.762. The SMILES string of the molecule is Cc1ccc(S(=O)(=O)NCc2ccc(-c3cnn(C)c3)nc2)cc1C. The highest BCUT2D eigenvalue weighted by atomic mass is 32.2. The van der Waals surface area contributed by atoms with Crippen LogP contribution in [0.4, 0.5) is 0 Å². The first-order valence-electron chi connectivity index (χ1n) is 7.86. The highest BCUT2D eigenvalue weighted by molar-refractivity contribution is 7.89. The Balaban J connectivity index is 1.71. The van der Waals surface area contributed by atoms with E-state index in [0.717, 1.165) is 27.9 Å². The predicted octanol–water partition coefficient (Wildman–Crippen LogP) is 2.58.